The van der Waals surface area contributed by atoms with E-state index in [9.17, 15) is 0 Å². The molecule has 4 heteroatoms. The van der Waals surface area contributed by atoms with E-state index in [4.69, 9.17) is 14.2 Å². The Kier molecular flexibility index (Phi) is 3.39. The zero-order chi connectivity index (χ0) is 14.9. The molecule has 0 N–H and O–H groups in total. The first-order valence-corrected chi connectivity index (χ1v) is 7.79. The molecule has 0 aromatic heterocycles. The van der Waals surface area contributed by atoms with Crippen molar-refractivity contribution in [2.45, 2.75) is 6.61 Å². The van der Waals surface area contributed by atoms with Crippen LogP contribution in [-0.4, -0.2) is 6.79 Å². The summed E-state index contributed by atoms with van der Waals surface area (Å²) in [6.07, 6.45) is 0. The van der Waals surface area contributed by atoms with Gasteiger partial charge in [-0.3, -0.25) is 0 Å². The Morgan fingerprint density at radius 3 is 2.64 bits per heavy atom. The number of hydrogen-bond donors (Lipinski definition) is 0. The second-order valence-corrected chi connectivity index (χ2v) is 5.92. The van der Waals surface area contributed by atoms with E-state index in [1.54, 1.807) is 0 Å². The Balaban J connectivity index is 1.62. The fourth-order valence-electron chi connectivity index (χ4n) is 2.55. The minimum atomic E-state index is 0.273. The third-order valence-corrected chi connectivity index (χ3v) is 4.41. The monoisotopic (exact) mass is 356 g/mol. The van der Waals surface area contributed by atoms with E-state index in [2.05, 4.69) is 34.1 Å². The Morgan fingerprint density at radius 1 is 0.955 bits per heavy atom. The molecular formula is C18H13BrO3. The Morgan fingerprint density at radius 2 is 1.73 bits per heavy atom. The minimum Gasteiger partial charge on any atom is -0.488 e. The van der Waals surface area contributed by atoms with E-state index < -0.39 is 0 Å². The number of rotatable bonds is 3. The van der Waals surface area contributed by atoms with Gasteiger partial charge in [0, 0.05) is 15.4 Å². The molecule has 0 atom stereocenters. The van der Waals surface area contributed by atoms with Crippen LogP contribution in [0.3, 0.4) is 0 Å². The number of hydrogen-bond acceptors (Lipinski definition) is 3. The second-order valence-electron chi connectivity index (χ2n) is 5.06. The van der Waals surface area contributed by atoms with Crippen LogP contribution in [0.2, 0.25) is 0 Å². The molecule has 0 saturated carbocycles. The van der Waals surface area contributed by atoms with Crippen molar-refractivity contribution in [3.8, 4) is 17.2 Å². The fourth-order valence-corrected chi connectivity index (χ4v) is 2.98. The molecule has 3 aromatic carbocycles. The van der Waals surface area contributed by atoms with Crippen LogP contribution in [0.15, 0.2) is 59.1 Å². The zero-order valence-electron chi connectivity index (χ0n) is 11.7. The summed E-state index contributed by atoms with van der Waals surface area (Å²) in [5, 5.41) is 2.28. The van der Waals surface area contributed by atoms with Crippen LogP contribution in [-0.2, 0) is 6.61 Å². The van der Waals surface area contributed by atoms with E-state index in [1.165, 1.54) is 5.39 Å². The standard InChI is InChI=1S/C18H13BrO3/c19-15-9-18-17(21-11-22-18)8-13(15)10-20-16-7-3-5-12-4-1-2-6-14(12)16/h1-9H,10-11H2. The van der Waals surface area contributed by atoms with E-state index in [0.717, 1.165) is 32.7 Å². The van der Waals surface area contributed by atoms with Gasteiger partial charge in [0.1, 0.15) is 12.4 Å². The first kappa shape index (κ1) is 13.5. The van der Waals surface area contributed by atoms with Crippen LogP contribution >= 0.6 is 15.9 Å². The van der Waals surface area contributed by atoms with Crippen molar-refractivity contribution in [1.82, 2.24) is 0 Å². The average Bonchev–Trinajstić information content (AvgIpc) is 2.99. The lowest BCUT2D eigenvalue weighted by Gasteiger charge is -2.11. The van der Waals surface area contributed by atoms with Gasteiger partial charge >= 0.3 is 0 Å². The van der Waals surface area contributed by atoms with Gasteiger partial charge in [-0.25, -0.2) is 0 Å². The average molecular weight is 357 g/mol. The predicted octanol–water partition coefficient (Wildman–Crippen LogP) is 4.91. The lowest BCUT2D eigenvalue weighted by atomic mass is 10.1. The maximum atomic E-state index is 6.02. The van der Waals surface area contributed by atoms with E-state index >= 15 is 0 Å². The van der Waals surface area contributed by atoms with E-state index in [0.29, 0.717) is 6.61 Å². The molecule has 0 amide bonds. The number of halogens is 1. The molecule has 1 heterocycles. The molecule has 1 aliphatic rings. The van der Waals surface area contributed by atoms with Gasteiger partial charge in [-0.1, -0.05) is 52.3 Å². The summed E-state index contributed by atoms with van der Waals surface area (Å²) in [4.78, 5) is 0. The fraction of sp³-hybridized carbons (Fsp3) is 0.111. The highest BCUT2D eigenvalue weighted by Gasteiger charge is 2.16. The molecule has 0 bridgehead atoms. The Hall–Kier alpha value is -2.20. The van der Waals surface area contributed by atoms with E-state index in [-0.39, 0.29) is 6.79 Å². The van der Waals surface area contributed by atoms with Gasteiger partial charge in [0.05, 0.1) is 0 Å². The van der Waals surface area contributed by atoms with Gasteiger partial charge in [0.15, 0.2) is 11.5 Å². The highest BCUT2D eigenvalue weighted by molar-refractivity contribution is 9.10. The van der Waals surface area contributed by atoms with Gasteiger partial charge in [-0.2, -0.15) is 0 Å². The van der Waals surface area contributed by atoms with Gasteiger partial charge in [0.25, 0.3) is 0 Å². The first-order valence-electron chi connectivity index (χ1n) is 7.00. The highest BCUT2D eigenvalue weighted by Crippen LogP contribution is 2.37. The van der Waals surface area contributed by atoms with Crippen LogP contribution in [0.4, 0.5) is 0 Å². The lowest BCUT2D eigenvalue weighted by molar-refractivity contribution is 0.174. The van der Waals surface area contributed by atoms with Crippen molar-refractivity contribution in [2.75, 3.05) is 6.79 Å². The molecule has 0 fully saturated rings. The van der Waals surface area contributed by atoms with Crippen molar-refractivity contribution in [1.29, 1.82) is 0 Å². The minimum absolute atomic E-state index is 0.273. The van der Waals surface area contributed by atoms with Gasteiger partial charge in [0.2, 0.25) is 6.79 Å². The summed E-state index contributed by atoms with van der Waals surface area (Å²) in [6, 6.07) is 18.2. The second kappa shape index (κ2) is 5.54. The van der Waals surface area contributed by atoms with Gasteiger partial charge in [-0.15, -0.1) is 0 Å². The third-order valence-electron chi connectivity index (χ3n) is 3.67. The highest BCUT2D eigenvalue weighted by atomic mass is 79.9. The summed E-state index contributed by atoms with van der Waals surface area (Å²) in [7, 11) is 0. The molecule has 0 aliphatic carbocycles. The molecule has 0 radical (unpaired) electrons. The molecular weight excluding hydrogens is 344 g/mol. The third kappa shape index (κ3) is 2.40. The summed E-state index contributed by atoms with van der Waals surface area (Å²) in [6.45, 7) is 0.737. The van der Waals surface area contributed by atoms with Gasteiger partial charge in [-0.05, 0) is 23.6 Å². The number of benzene rings is 3. The van der Waals surface area contributed by atoms with Crippen molar-refractivity contribution < 1.29 is 14.2 Å². The van der Waals surface area contributed by atoms with Crippen molar-refractivity contribution in [3.63, 3.8) is 0 Å². The smallest absolute Gasteiger partial charge is 0.231 e. The van der Waals surface area contributed by atoms with Crippen molar-refractivity contribution in [3.05, 3.63) is 64.6 Å². The topological polar surface area (TPSA) is 27.7 Å². The van der Waals surface area contributed by atoms with Crippen LogP contribution < -0.4 is 14.2 Å². The summed E-state index contributed by atoms with van der Waals surface area (Å²) < 4.78 is 17.8. The molecule has 0 saturated heterocycles. The lowest BCUT2D eigenvalue weighted by Crippen LogP contribution is -1.97. The van der Waals surface area contributed by atoms with Crippen LogP contribution in [0.25, 0.3) is 10.8 Å². The number of fused-ring (bicyclic) bond motifs is 2. The van der Waals surface area contributed by atoms with Crippen molar-refractivity contribution in [2.24, 2.45) is 0 Å². The predicted molar refractivity (Wildman–Crippen MR) is 88.5 cm³/mol. The largest absolute Gasteiger partial charge is 0.488 e. The van der Waals surface area contributed by atoms with Crippen LogP contribution in [0.5, 0.6) is 17.2 Å². The number of ether oxygens (including phenoxy) is 3. The molecule has 22 heavy (non-hydrogen) atoms. The maximum absolute atomic E-state index is 6.02. The Bertz CT molecular complexity index is 840. The molecule has 110 valence electrons. The molecule has 1 aliphatic heterocycles. The maximum Gasteiger partial charge on any atom is 0.231 e. The van der Waals surface area contributed by atoms with Crippen LogP contribution in [0.1, 0.15) is 5.56 Å². The first-order chi connectivity index (χ1) is 10.8. The normalized spacial score (nSPS) is 12.6. The zero-order valence-corrected chi connectivity index (χ0v) is 13.3. The summed E-state index contributed by atoms with van der Waals surface area (Å²) in [5.74, 6) is 2.41. The Labute approximate surface area is 136 Å². The quantitative estimate of drug-likeness (QED) is 0.667. The van der Waals surface area contributed by atoms with Gasteiger partial charge < -0.3 is 14.2 Å². The van der Waals surface area contributed by atoms with Crippen LogP contribution in [0, 0.1) is 0 Å². The summed E-state index contributed by atoms with van der Waals surface area (Å²) in [5.41, 5.74) is 1.03. The van der Waals surface area contributed by atoms with E-state index in [1.807, 2.05) is 36.4 Å². The summed E-state index contributed by atoms with van der Waals surface area (Å²) >= 11 is 3.56. The SMILES string of the molecule is Brc1cc2c(cc1COc1cccc3ccccc13)OCO2. The molecule has 0 unspecified atom stereocenters. The molecule has 4 rings (SSSR count). The van der Waals surface area contributed by atoms with Crippen molar-refractivity contribution >= 4 is 26.7 Å². The molecule has 0 spiro atoms. The molecule has 3 aromatic rings. The molecule has 3 nitrogen and oxygen atoms in total.